The smallest absolute Gasteiger partial charge is 0.265 e. The van der Waals surface area contributed by atoms with Gasteiger partial charge in [0.1, 0.15) is 0 Å². The summed E-state index contributed by atoms with van der Waals surface area (Å²) in [5, 5.41) is 0. The Labute approximate surface area is 119 Å². The fraction of sp³-hybridized carbons (Fsp3) is 0.188. The number of para-hydroxylation sites is 1. The maximum Gasteiger partial charge on any atom is 0.265 e. The Morgan fingerprint density at radius 3 is 2.40 bits per heavy atom. The van der Waals surface area contributed by atoms with E-state index < -0.39 is 0 Å². The molecule has 0 saturated heterocycles. The Hall–Kier alpha value is -2.33. The highest BCUT2D eigenvalue weighted by molar-refractivity contribution is 5.93. The van der Waals surface area contributed by atoms with Gasteiger partial charge in [-0.3, -0.25) is 10.2 Å². The summed E-state index contributed by atoms with van der Waals surface area (Å²) in [6.07, 6.45) is 0. The minimum absolute atomic E-state index is 0.274. The predicted molar refractivity (Wildman–Crippen MR) is 81.4 cm³/mol. The van der Waals surface area contributed by atoms with Crippen molar-refractivity contribution in [2.24, 2.45) is 5.84 Å². The van der Waals surface area contributed by atoms with Crippen molar-refractivity contribution >= 4 is 11.6 Å². The fourth-order valence-electron chi connectivity index (χ4n) is 2.20. The number of aryl methyl sites for hydroxylation is 1. The summed E-state index contributed by atoms with van der Waals surface area (Å²) in [5.74, 6) is 4.83. The van der Waals surface area contributed by atoms with E-state index in [2.05, 4.69) is 36.4 Å². The van der Waals surface area contributed by atoms with Gasteiger partial charge in [-0.2, -0.15) is 0 Å². The average molecular weight is 269 g/mol. The molecule has 1 amide bonds. The van der Waals surface area contributed by atoms with Gasteiger partial charge in [0.2, 0.25) is 0 Å². The van der Waals surface area contributed by atoms with Gasteiger partial charge in [-0.25, -0.2) is 5.84 Å². The van der Waals surface area contributed by atoms with Crippen molar-refractivity contribution in [1.82, 2.24) is 5.43 Å². The quantitative estimate of drug-likeness (QED) is 0.508. The number of hydrogen-bond acceptors (Lipinski definition) is 3. The van der Waals surface area contributed by atoms with E-state index in [1.54, 1.807) is 12.1 Å². The molecule has 2 aromatic rings. The highest BCUT2D eigenvalue weighted by Crippen LogP contribution is 2.20. The zero-order chi connectivity index (χ0) is 14.5. The number of benzene rings is 2. The molecule has 0 radical (unpaired) electrons. The summed E-state index contributed by atoms with van der Waals surface area (Å²) in [6, 6.07) is 15.7. The molecule has 2 rings (SSSR count). The van der Waals surface area contributed by atoms with Gasteiger partial charge in [-0.05, 0) is 36.2 Å². The number of rotatable bonds is 4. The summed E-state index contributed by atoms with van der Waals surface area (Å²) in [7, 11) is 2.06. The maximum atomic E-state index is 11.4. The number of anilines is 1. The molecule has 0 aliphatic rings. The first-order valence-corrected chi connectivity index (χ1v) is 6.48. The molecule has 3 N–H and O–H groups in total. The molecule has 0 spiro atoms. The van der Waals surface area contributed by atoms with Gasteiger partial charge in [0, 0.05) is 24.8 Å². The number of nitrogens with two attached hydrogens (primary N) is 1. The zero-order valence-corrected chi connectivity index (χ0v) is 11.8. The van der Waals surface area contributed by atoms with Crippen LogP contribution >= 0.6 is 0 Å². The monoisotopic (exact) mass is 269 g/mol. The number of hydrogen-bond donors (Lipinski definition) is 2. The summed E-state index contributed by atoms with van der Waals surface area (Å²) in [4.78, 5) is 13.6. The van der Waals surface area contributed by atoms with Crippen molar-refractivity contribution in [3.63, 3.8) is 0 Å². The third kappa shape index (κ3) is 3.16. The minimum Gasteiger partial charge on any atom is -0.370 e. The van der Waals surface area contributed by atoms with Crippen molar-refractivity contribution in [2.45, 2.75) is 13.5 Å². The van der Waals surface area contributed by atoms with Crippen LogP contribution in [0.1, 0.15) is 21.5 Å². The van der Waals surface area contributed by atoms with Crippen LogP contribution in [0.25, 0.3) is 0 Å². The third-order valence-electron chi connectivity index (χ3n) is 3.29. The number of amides is 1. The highest BCUT2D eigenvalue weighted by atomic mass is 16.2. The van der Waals surface area contributed by atoms with E-state index in [9.17, 15) is 4.79 Å². The molecule has 0 unspecified atom stereocenters. The van der Waals surface area contributed by atoms with Crippen LogP contribution in [-0.4, -0.2) is 13.0 Å². The lowest BCUT2D eigenvalue weighted by atomic mass is 10.1. The van der Waals surface area contributed by atoms with E-state index in [1.807, 2.05) is 24.3 Å². The Kier molecular flexibility index (Phi) is 4.38. The molecule has 4 heteroatoms. The molecular weight excluding hydrogens is 250 g/mol. The van der Waals surface area contributed by atoms with E-state index in [0.717, 1.165) is 12.1 Å². The Morgan fingerprint density at radius 2 is 1.80 bits per heavy atom. The Bertz CT molecular complexity index is 593. The molecule has 104 valence electrons. The number of carbonyl (C=O) groups is 1. The van der Waals surface area contributed by atoms with E-state index >= 15 is 0 Å². The first kappa shape index (κ1) is 14.1. The molecule has 0 bridgehead atoms. The standard InChI is InChI=1S/C16H19N3O/c1-12-5-3-4-6-15(12)19(2)11-13-7-9-14(10-8-13)16(20)18-17/h3-10H,11,17H2,1-2H3,(H,18,20). The van der Waals surface area contributed by atoms with Crippen LogP contribution in [0.5, 0.6) is 0 Å². The van der Waals surface area contributed by atoms with Crippen LogP contribution in [0.15, 0.2) is 48.5 Å². The Balaban J connectivity index is 2.10. The van der Waals surface area contributed by atoms with E-state index in [4.69, 9.17) is 5.84 Å². The maximum absolute atomic E-state index is 11.4. The van der Waals surface area contributed by atoms with Gasteiger partial charge in [-0.1, -0.05) is 30.3 Å². The van der Waals surface area contributed by atoms with Crippen molar-refractivity contribution in [3.8, 4) is 0 Å². The number of nitrogens with one attached hydrogen (secondary N) is 1. The summed E-state index contributed by atoms with van der Waals surface area (Å²) in [6.45, 7) is 2.88. The summed E-state index contributed by atoms with van der Waals surface area (Å²) in [5.41, 5.74) is 6.28. The molecule has 0 aliphatic heterocycles. The van der Waals surface area contributed by atoms with Crippen molar-refractivity contribution in [2.75, 3.05) is 11.9 Å². The third-order valence-corrected chi connectivity index (χ3v) is 3.29. The average Bonchev–Trinajstić information content (AvgIpc) is 2.47. The largest absolute Gasteiger partial charge is 0.370 e. The molecule has 0 aliphatic carbocycles. The van der Waals surface area contributed by atoms with Gasteiger partial charge in [-0.15, -0.1) is 0 Å². The molecule has 20 heavy (non-hydrogen) atoms. The van der Waals surface area contributed by atoms with Gasteiger partial charge in [0.15, 0.2) is 0 Å². The minimum atomic E-state index is -0.274. The van der Waals surface area contributed by atoms with Crippen LogP contribution in [0.3, 0.4) is 0 Å². The molecule has 0 aromatic heterocycles. The molecule has 0 atom stereocenters. The normalized spacial score (nSPS) is 10.2. The molecule has 0 heterocycles. The SMILES string of the molecule is Cc1ccccc1N(C)Cc1ccc(C(=O)NN)cc1. The van der Waals surface area contributed by atoms with Crippen molar-refractivity contribution < 1.29 is 4.79 Å². The topological polar surface area (TPSA) is 58.4 Å². The van der Waals surface area contributed by atoms with Gasteiger partial charge in [0.05, 0.1) is 0 Å². The molecule has 2 aromatic carbocycles. The lowest BCUT2D eigenvalue weighted by Crippen LogP contribution is -2.29. The summed E-state index contributed by atoms with van der Waals surface area (Å²) >= 11 is 0. The number of nitrogen functional groups attached to an aromatic ring is 1. The van der Waals surface area contributed by atoms with Crippen LogP contribution < -0.4 is 16.2 Å². The van der Waals surface area contributed by atoms with Crippen molar-refractivity contribution in [1.29, 1.82) is 0 Å². The fourth-order valence-corrected chi connectivity index (χ4v) is 2.20. The summed E-state index contributed by atoms with van der Waals surface area (Å²) < 4.78 is 0. The number of carbonyl (C=O) groups excluding carboxylic acids is 1. The molecule has 4 nitrogen and oxygen atoms in total. The van der Waals surface area contributed by atoms with Gasteiger partial charge in [0.25, 0.3) is 5.91 Å². The second kappa shape index (κ2) is 6.21. The number of nitrogens with zero attached hydrogens (tertiary/aromatic N) is 1. The second-order valence-corrected chi connectivity index (χ2v) is 4.81. The van der Waals surface area contributed by atoms with Crippen LogP contribution in [0, 0.1) is 6.92 Å². The first-order valence-electron chi connectivity index (χ1n) is 6.48. The highest BCUT2D eigenvalue weighted by Gasteiger charge is 2.06. The second-order valence-electron chi connectivity index (χ2n) is 4.81. The van der Waals surface area contributed by atoms with Crippen molar-refractivity contribution in [3.05, 3.63) is 65.2 Å². The van der Waals surface area contributed by atoms with E-state index in [0.29, 0.717) is 5.56 Å². The van der Waals surface area contributed by atoms with Crippen LogP contribution in [-0.2, 0) is 6.54 Å². The van der Waals surface area contributed by atoms with Gasteiger partial charge < -0.3 is 4.90 Å². The van der Waals surface area contributed by atoms with E-state index in [-0.39, 0.29) is 5.91 Å². The lowest BCUT2D eigenvalue weighted by Gasteiger charge is -2.21. The predicted octanol–water partition coefficient (Wildman–Crippen LogP) is 2.23. The molecular formula is C16H19N3O. The molecule has 0 fully saturated rings. The first-order chi connectivity index (χ1) is 9.61. The van der Waals surface area contributed by atoms with E-state index in [1.165, 1.54) is 11.3 Å². The lowest BCUT2D eigenvalue weighted by molar-refractivity contribution is 0.0953. The molecule has 0 saturated carbocycles. The van der Waals surface area contributed by atoms with Crippen LogP contribution in [0.4, 0.5) is 5.69 Å². The zero-order valence-electron chi connectivity index (χ0n) is 11.8. The van der Waals surface area contributed by atoms with Gasteiger partial charge >= 0.3 is 0 Å². The van der Waals surface area contributed by atoms with Crippen LogP contribution in [0.2, 0.25) is 0 Å². The Morgan fingerprint density at radius 1 is 1.15 bits per heavy atom. The number of hydrazine groups is 1.